The molecule has 2 heterocycles. The van der Waals surface area contributed by atoms with Crippen LogP contribution >= 0.6 is 11.8 Å². The molecule has 6 aromatic rings. The van der Waals surface area contributed by atoms with Crippen LogP contribution in [0.15, 0.2) is 125 Å². The van der Waals surface area contributed by atoms with Crippen LogP contribution in [-0.4, -0.2) is 4.98 Å². The first-order chi connectivity index (χ1) is 17.3. The summed E-state index contributed by atoms with van der Waals surface area (Å²) in [5.74, 6) is 0. The lowest BCUT2D eigenvalue weighted by molar-refractivity contribution is 1.17. The molecule has 0 saturated heterocycles. The first-order valence-corrected chi connectivity index (χ1v) is 12.6. The highest BCUT2D eigenvalue weighted by atomic mass is 32.2. The van der Waals surface area contributed by atoms with Crippen molar-refractivity contribution in [3.63, 3.8) is 0 Å². The second kappa shape index (κ2) is 8.00. The van der Waals surface area contributed by atoms with Crippen molar-refractivity contribution in [2.45, 2.75) is 16.7 Å². The molecule has 0 N–H and O–H groups in total. The average Bonchev–Trinajstić information content (AvgIpc) is 2.91. The highest BCUT2D eigenvalue weighted by Gasteiger charge is 2.24. The summed E-state index contributed by atoms with van der Waals surface area (Å²) < 4.78 is 0. The van der Waals surface area contributed by atoms with E-state index in [9.17, 15) is 0 Å². The first-order valence-electron chi connectivity index (χ1n) is 11.8. The number of rotatable bonds is 2. The SMILES string of the molecule is Cc1ccc(-c2ccc3cc(N4c5ccccc5Sc5ccccc54)ccc3c2)c2cccnc12. The third-order valence-corrected chi connectivity index (χ3v) is 7.93. The van der Waals surface area contributed by atoms with Gasteiger partial charge in [0.25, 0.3) is 0 Å². The molecule has 0 saturated carbocycles. The minimum atomic E-state index is 1.07. The molecule has 35 heavy (non-hydrogen) atoms. The fraction of sp³-hybridized carbons (Fsp3) is 0.0312. The molecule has 7 rings (SSSR count). The second-order valence-electron chi connectivity index (χ2n) is 8.95. The summed E-state index contributed by atoms with van der Waals surface area (Å²) in [6.07, 6.45) is 1.87. The van der Waals surface area contributed by atoms with Gasteiger partial charge in [-0.05, 0) is 82.9 Å². The average molecular weight is 467 g/mol. The zero-order chi connectivity index (χ0) is 23.4. The first kappa shape index (κ1) is 20.3. The smallest absolute Gasteiger partial charge is 0.0737 e. The highest BCUT2D eigenvalue weighted by Crippen LogP contribution is 2.51. The largest absolute Gasteiger partial charge is 0.308 e. The number of para-hydroxylation sites is 2. The molecular weight excluding hydrogens is 444 g/mol. The van der Waals surface area contributed by atoms with Gasteiger partial charge in [0.15, 0.2) is 0 Å². The van der Waals surface area contributed by atoms with Crippen molar-refractivity contribution >= 4 is 50.5 Å². The number of aryl methyl sites for hydroxylation is 1. The lowest BCUT2D eigenvalue weighted by atomic mass is 9.96. The van der Waals surface area contributed by atoms with Crippen molar-refractivity contribution in [3.8, 4) is 11.1 Å². The van der Waals surface area contributed by atoms with E-state index in [1.807, 2.05) is 24.0 Å². The Morgan fingerprint density at radius 3 is 2.17 bits per heavy atom. The Morgan fingerprint density at radius 1 is 0.657 bits per heavy atom. The quantitative estimate of drug-likeness (QED) is 0.252. The van der Waals surface area contributed by atoms with Gasteiger partial charge in [0.05, 0.1) is 16.9 Å². The van der Waals surface area contributed by atoms with E-state index in [0.29, 0.717) is 0 Å². The van der Waals surface area contributed by atoms with E-state index in [4.69, 9.17) is 0 Å². The number of fused-ring (bicyclic) bond motifs is 4. The predicted octanol–water partition coefficient (Wildman–Crippen LogP) is 9.30. The summed E-state index contributed by atoms with van der Waals surface area (Å²) in [6.45, 7) is 2.12. The molecule has 0 radical (unpaired) electrons. The fourth-order valence-corrected chi connectivity index (χ4v) is 6.15. The van der Waals surface area contributed by atoms with Crippen LogP contribution in [-0.2, 0) is 0 Å². The van der Waals surface area contributed by atoms with E-state index < -0.39 is 0 Å². The number of hydrogen-bond donors (Lipinski definition) is 0. The Bertz CT molecular complexity index is 1710. The standard InChI is InChI=1S/C32H22N2S/c1-21-12-17-26(27-7-6-18-33-32(21)27)24-14-13-23-20-25(16-15-22(23)19-24)34-28-8-2-4-10-30(28)35-31-11-5-3-9-29(31)34/h2-20H,1H3. The minimum Gasteiger partial charge on any atom is -0.308 e. The molecular formula is C32H22N2S. The van der Waals surface area contributed by atoms with E-state index in [-0.39, 0.29) is 0 Å². The van der Waals surface area contributed by atoms with Crippen LogP contribution in [0.5, 0.6) is 0 Å². The molecule has 1 aliphatic heterocycles. The van der Waals surface area contributed by atoms with E-state index in [2.05, 4.69) is 120 Å². The summed E-state index contributed by atoms with van der Waals surface area (Å²) in [7, 11) is 0. The number of nitrogens with zero attached hydrogens (tertiary/aromatic N) is 2. The van der Waals surface area contributed by atoms with Gasteiger partial charge >= 0.3 is 0 Å². The van der Waals surface area contributed by atoms with Crippen molar-refractivity contribution in [2.24, 2.45) is 0 Å². The topological polar surface area (TPSA) is 16.1 Å². The fourth-order valence-electron chi connectivity index (χ4n) is 5.09. The highest BCUT2D eigenvalue weighted by molar-refractivity contribution is 7.99. The van der Waals surface area contributed by atoms with Gasteiger partial charge in [-0.2, -0.15) is 0 Å². The van der Waals surface area contributed by atoms with Gasteiger partial charge in [-0.1, -0.05) is 72.4 Å². The summed E-state index contributed by atoms with van der Waals surface area (Å²) in [5.41, 5.74) is 8.34. The molecule has 1 aliphatic rings. The van der Waals surface area contributed by atoms with E-state index in [1.165, 1.54) is 59.7 Å². The molecule has 3 heteroatoms. The van der Waals surface area contributed by atoms with Crippen molar-refractivity contribution in [1.29, 1.82) is 0 Å². The van der Waals surface area contributed by atoms with Crippen LogP contribution in [0.3, 0.4) is 0 Å². The van der Waals surface area contributed by atoms with Crippen molar-refractivity contribution < 1.29 is 0 Å². The monoisotopic (exact) mass is 466 g/mol. The normalized spacial score (nSPS) is 12.5. The minimum absolute atomic E-state index is 1.07. The molecule has 0 amide bonds. The van der Waals surface area contributed by atoms with Gasteiger partial charge in [0.1, 0.15) is 0 Å². The summed E-state index contributed by atoms with van der Waals surface area (Å²) in [5, 5.41) is 3.66. The van der Waals surface area contributed by atoms with E-state index >= 15 is 0 Å². The van der Waals surface area contributed by atoms with E-state index in [1.54, 1.807) is 0 Å². The van der Waals surface area contributed by atoms with Crippen LogP contribution in [0.25, 0.3) is 32.8 Å². The van der Waals surface area contributed by atoms with Gasteiger partial charge in [0.2, 0.25) is 0 Å². The lowest BCUT2D eigenvalue weighted by Gasteiger charge is -2.33. The van der Waals surface area contributed by atoms with Gasteiger partial charge < -0.3 is 4.90 Å². The van der Waals surface area contributed by atoms with Gasteiger partial charge in [-0.15, -0.1) is 0 Å². The van der Waals surface area contributed by atoms with Gasteiger partial charge in [-0.3, -0.25) is 4.98 Å². The molecule has 0 fully saturated rings. The Hall–Kier alpha value is -4.08. The Kier molecular flexibility index (Phi) is 4.64. The Morgan fingerprint density at radius 2 is 1.37 bits per heavy atom. The molecule has 0 bridgehead atoms. The molecule has 166 valence electrons. The Labute approximate surface area is 208 Å². The van der Waals surface area contributed by atoms with Crippen molar-refractivity contribution in [3.05, 3.63) is 121 Å². The van der Waals surface area contributed by atoms with Crippen LogP contribution in [0.1, 0.15) is 5.56 Å². The van der Waals surface area contributed by atoms with Crippen LogP contribution in [0.4, 0.5) is 17.1 Å². The maximum absolute atomic E-state index is 4.62. The molecule has 5 aromatic carbocycles. The molecule has 0 aliphatic carbocycles. The Balaban J connectivity index is 1.36. The van der Waals surface area contributed by atoms with Crippen molar-refractivity contribution in [2.75, 3.05) is 4.90 Å². The number of pyridine rings is 1. The molecule has 0 unspecified atom stereocenters. The zero-order valence-electron chi connectivity index (χ0n) is 19.3. The van der Waals surface area contributed by atoms with Gasteiger partial charge in [0, 0.05) is 27.1 Å². The number of anilines is 3. The van der Waals surface area contributed by atoms with Crippen LogP contribution in [0.2, 0.25) is 0 Å². The molecule has 0 atom stereocenters. The summed E-state index contributed by atoms with van der Waals surface area (Å²) in [6, 6.07) is 39.4. The van der Waals surface area contributed by atoms with E-state index in [0.717, 1.165) is 5.52 Å². The molecule has 2 nitrogen and oxygen atoms in total. The summed E-state index contributed by atoms with van der Waals surface area (Å²) >= 11 is 1.84. The van der Waals surface area contributed by atoms with Crippen LogP contribution < -0.4 is 4.90 Å². The molecule has 0 spiro atoms. The van der Waals surface area contributed by atoms with Crippen molar-refractivity contribution in [1.82, 2.24) is 4.98 Å². The lowest BCUT2D eigenvalue weighted by Crippen LogP contribution is -2.14. The van der Waals surface area contributed by atoms with Crippen LogP contribution in [0, 0.1) is 6.92 Å². The number of hydrogen-bond acceptors (Lipinski definition) is 3. The maximum atomic E-state index is 4.62. The number of aromatic nitrogens is 1. The summed E-state index contributed by atoms with van der Waals surface area (Å²) in [4.78, 5) is 9.56. The third kappa shape index (κ3) is 3.31. The van der Waals surface area contributed by atoms with Gasteiger partial charge in [-0.25, -0.2) is 0 Å². The third-order valence-electron chi connectivity index (χ3n) is 6.80. The maximum Gasteiger partial charge on any atom is 0.0737 e. The number of benzene rings is 5. The second-order valence-corrected chi connectivity index (χ2v) is 10.0. The molecule has 1 aromatic heterocycles. The zero-order valence-corrected chi connectivity index (χ0v) is 20.1. The predicted molar refractivity (Wildman–Crippen MR) is 148 cm³/mol.